The van der Waals surface area contributed by atoms with Crippen molar-refractivity contribution in [1.29, 1.82) is 0 Å². The molecule has 0 spiro atoms. The summed E-state index contributed by atoms with van der Waals surface area (Å²) in [5, 5.41) is 0. The van der Waals surface area contributed by atoms with Crippen LogP contribution in [0.2, 0.25) is 0 Å². The van der Waals surface area contributed by atoms with Crippen molar-refractivity contribution in [3.8, 4) is 0 Å². The molecule has 0 radical (unpaired) electrons. The number of benzene rings is 2. The van der Waals surface area contributed by atoms with Crippen LogP contribution in [0.4, 0.5) is 10.2 Å². The molecule has 27 heavy (non-hydrogen) atoms. The van der Waals surface area contributed by atoms with Crippen molar-refractivity contribution in [1.82, 2.24) is 25.4 Å². The van der Waals surface area contributed by atoms with E-state index in [-0.39, 0.29) is 11.7 Å². The highest BCUT2D eigenvalue weighted by Crippen LogP contribution is 2.18. The first-order chi connectivity index (χ1) is 13.2. The molecular weight excluding hydrogens is 347 g/mol. The van der Waals surface area contributed by atoms with Crippen molar-refractivity contribution >= 4 is 22.9 Å². The number of nitrogens with zero attached hydrogens (tertiary/aromatic N) is 3. The van der Waals surface area contributed by atoms with Gasteiger partial charge in [-0.2, -0.15) is 0 Å². The van der Waals surface area contributed by atoms with E-state index in [2.05, 4.69) is 30.8 Å². The molecule has 0 saturated carbocycles. The van der Waals surface area contributed by atoms with Crippen molar-refractivity contribution in [3.63, 3.8) is 0 Å². The van der Waals surface area contributed by atoms with Crippen LogP contribution < -0.4 is 10.9 Å². The molecule has 1 amide bonds. The molecule has 8 heteroatoms. The molecule has 0 aliphatic rings. The van der Waals surface area contributed by atoms with E-state index in [0.29, 0.717) is 40.4 Å². The first kappa shape index (κ1) is 16.6. The van der Waals surface area contributed by atoms with Crippen molar-refractivity contribution in [2.75, 3.05) is 5.43 Å². The molecule has 2 aromatic heterocycles. The first-order valence-electron chi connectivity index (χ1n) is 8.25. The number of hydrazine groups is 1. The molecule has 7 nitrogen and oxygen atoms in total. The highest BCUT2D eigenvalue weighted by Gasteiger charge is 2.12. The Hall–Kier alpha value is -3.81. The minimum Gasteiger partial charge on any atom is -0.337 e. The lowest BCUT2D eigenvalue weighted by Gasteiger charge is -2.07. The van der Waals surface area contributed by atoms with E-state index in [4.69, 9.17) is 0 Å². The maximum Gasteiger partial charge on any atom is 0.269 e. The zero-order valence-electron chi connectivity index (χ0n) is 14.1. The van der Waals surface area contributed by atoms with Gasteiger partial charge < -0.3 is 4.98 Å². The molecule has 4 aromatic rings. The molecular formula is C19H15FN6O. The van der Waals surface area contributed by atoms with Gasteiger partial charge in [-0.25, -0.2) is 19.3 Å². The van der Waals surface area contributed by atoms with Crippen LogP contribution in [-0.4, -0.2) is 25.8 Å². The van der Waals surface area contributed by atoms with Crippen molar-refractivity contribution in [2.24, 2.45) is 0 Å². The van der Waals surface area contributed by atoms with Crippen LogP contribution in [-0.2, 0) is 6.42 Å². The van der Waals surface area contributed by atoms with Gasteiger partial charge in [-0.05, 0) is 23.8 Å². The molecule has 0 aliphatic heterocycles. The second-order valence-corrected chi connectivity index (χ2v) is 5.82. The lowest BCUT2D eigenvalue weighted by Crippen LogP contribution is -2.29. The molecule has 3 N–H and O–H groups in total. The van der Waals surface area contributed by atoms with E-state index >= 15 is 0 Å². The number of hydrogen-bond donors (Lipinski definition) is 3. The van der Waals surface area contributed by atoms with Crippen LogP contribution in [0.25, 0.3) is 11.2 Å². The number of nitrogens with one attached hydrogen (secondary N) is 3. The first-order valence-corrected chi connectivity index (χ1v) is 8.25. The van der Waals surface area contributed by atoms with Gasteiger partial charge in [0.05, 0.1) is 0 Å². The number of rotatable bonds is 5. The van der Waals surface area contributed by atoms with Gasteiger partial charge in [-0.15, -0.1) is 0 Å². The molecule has 0 atom stereocenters. The number of aromatic nitrogens is 4. The number of H-pyrrole nitrogens is 1. The Morgan fingerprint density at radius 3 is 2.63 bits per heavy atom. The molecule has 134 valence electrons. The summed E-state index contributed by atoms with van der Waals surface area (Å²) in [6.45, 7) is 0. The van der Waals surface area contributed by atoms with Crippen LogP contribution in [0, 0.1) is 5.82 Å². The van der Waals surface area contributed by atoms with Gasteiger partial charge in [-0.1, -0.05) is 36.4 Å². The molecule has 0 fully saturated rings. The summed E-state index contributed by atoms with van der Waals surface area (Å²) >= 11 is 0. The molecule has 4 rings (SSSR count). The molecule has 2 aromatic carbocycles. The van der Waals surface area contributed by atoms with Crippen LogP contribution >= 0.6 is 0 Å². The third kappa shape index (κ3) is 3.59. The summed E-state index contributed by atoms with van der Waals surface area (Å²) in [6.07, 6.45) is 1.63. The Labute approximate surface area is 153 Å². The average Bonchev–Trinajstić information content (AvgIpc) is 3.11. The zero-order chi connectivity index (χ0) is 18.6. The zero-order valence-corrected chi connectivity index (χ0v) is 14.1. The maximum absolute atomic E-state index is 13.9. The predicted octanol–water partition coefficient (Wildman–Crippen LogP) is 2.84. The summed E-state index contributed by atoms with van der Waals surface area (Å²) in [5.74, 6) is 0.329. The van der Waals surface area contributed by atoms with Crippen molar-refractivity contribution in [3.05, 3.63) is 83.7 Å². The number of anilines is 1. The standard InChI is InChI=1S/C19H15FN6O/c20-14-9-5-4-8-13(14)10-15-23-16-17(24-15)21-11-22-18(16)25-26-19(27)12-6-2-1-3-7-12/h1-9,11H,10H2,(H,26,27)(H2,21,22,23,24,25). The second-order valence-electron chi connectivity index (χ2n) is 5.82. The normalized spacial score (nSPS) is 10.7. The number of carbonyl (C=O) groups excluding carboxylic acids is 1. The lowest BCUT2D eigenvalue weighted by atomic mass is 10.1. The molecule has 0 saturated heterocycles. The van der Waals surface area contributed by atoms with Gasteiger partial charge in [0.15, 0.2) is 11.5 Å². The average molecular weight is 362 g/mol. The molecule has 0 aliphatic carbocycles. The SMILES string of the molecule is O=C(NNc1ncnc2nc(Cc3ccccc3F)[nH]c12)c1ccccc1. The molecule has 0 bridgehead atoms. The fourth-order valence-electron chi connectivity index (χ4n) is 2.65. The largest absolute Gasteiger partial charge is 0.337 e. The topological polar surface area (TPSA) is 95.6 Å². The van der Waals surface area contributed by atoms with Crippen LogP contribution in [0.1, 0.15) is 21.7 Å². The summed E-state index contributed by atoms with van der Waals surface area (Å²) in [4.78, 5) is 27.8. The second kappa shape index (κ2) is 7.20. The highest BCUT2D eigenvalue weighted by atomic mass is 19.1. The number of aromatic amines is 1. The number of carbonyl (C=O) groups is 1. The van der Waals surface area contributed by atoms with Gasteiger partial charge >= 0.3 is 0 Å². The Balaban J connectivity index is 1.54. The summed E-state index contributed by atoms with van der Waals surface area (Å²) < 4.78 is 13.9. The number of hydrogen-bond acceptors (Lipinski definition) is 5. The highest BCUT2D eigenvalue weighted by molar-refractivity contribution is 5.95. The van der Waals surface area contributed by atoms with Gasteiger partial charge in [0.1, 0.15) is 23.5 Å². The third-order valence-electron chi connectivity index (χ3n) is 3.98. The quantitative estimate of drug-likeness (QED) is 0.475. The van der Waals surface area contributed by atoms with Gasteiger partial charge in [-0.3, -0.25) is 15.6 Å². The minimum absolute atomic E-state index is 0.291. The Kier molecular flexibility index (Phi) is 4.44. The van der Waals surface area contributed by atoms with E-state index in [0.717, 1.165) is 0 Å². The fourth-order valence-corrected chi connectivity index (χ4v) is 2.65. The maximum atomic E-state index is 13.9. The van der Waals surface area contributed by atoms with E-state index in [1.165, 1.54) is 12.4 Å². The smallest absolute Gasteiger partial charge is 0.269 e. The van der Waals surface area contributed by atoms with E-state index in [1.54, 1.807) is 42.5 Å². The summed E-state index contributed by atoms with van der Waals surface area (Å²) in [6, 6.07) is 15.3. The van der Waals surface area contributed by atoms with Crippen molar-refractivity contribution < 1.29 is 9.18 Å². The van der Waals surface area contributed by atoms with E-state index < -0.39 is 0 Å². The number of amides is 1. The van der Waals surface area contributed by atoms with E-state index in [9.17, 15) is 9.18 Å². The van der Waals surface area contributed by atoms with Gasteiger partial charge in [0.2, 0.25) is 0 Å². The Morgan fingerprint density at radius 1 is 1.04 bits per heavy atom. The van der Waals surface area contributed by atoms with Gasteiger partial charge in [0.25, 0.3) is 5.91 Å². The predicted molar refractivity (Wildman–Crippen MR) is 98.4 cm³/mol. The number of fused-ring (bicyclic) bond motifs is 1. The summed E-state index contributed by atoms with van der Waals surface area (Å²) in [7, 11) is 0. The number of imidazole rings is 1. The van der Waals surface area contributed by atoms with Crippen LogP contribution in [0.5, 0.6) is 0 Å². The monoisotopic (exact) mass is 362 g/mol. The fraction of sp³-hybridized carbons (Fsp3) is 0.0526. The third-order valence-corrected chi connectivity index (χ3v) is 3.98. The van der Waals surface area contributed by atoms with E-state index in [1.807, 2.05) is 6.07 Å². The van der Waals surface area contributed by atoms with Crippen LogP contribution in [0.3, 0.4) is 0 Å². The summed E-state index contributed by atoms with van der Waals surface area (Å²) in [5.41, 5.74) is 7.35. The van der Waals surface area contributed by atoms with Gasteiger partial charge in [0, 0.05) is 12.0 Å². The number of halogens is 1. The van der Waals surface area contributed by atoms with Crippen LogP contribution in [0.15, 0.2) is 60.9 Å². The Morgan fingerprint density at radius 2 is 1.81 bits per heavy atom. The molecule has 2 heterocycles. The Bertz CT molecular complexity index is 1100. The van der Waals surface area contributed by atoms with Crippen molar-refractivity contribution in [2.45, 2.75) is 6.42 Å². The lowest BCUT2D eigenvalue weighted by molar-refractivity contribution is 0.0962. The molecule has 0 unspecified atom stereocenters. The minimum atomic E-state index is -0.298.